The van der Waals surface area contributed by atoms with E-state index in [4.69, 9.17) is 0 Å². The average molecular weight is 403 g/mol. The van der Waals surface area contributed by atoms with Crippen molar-refractivity contribution in [1.82, 2.24) is 4.57 Å². The van der Waals surface area contributed by atoms with Crippen LogP contribution in [0.25, 0.3) is 10.2 Å². The molecule has 6 heteroatoms. The Morgan fingerprint density at radius 3 is 2.73 bits per heavy atom. The number of rotatable bonds is 7. The first-order chi connectivity index (χ1) is 12.7. The Morgan fingerprint density at radius 2 is 2.00 bits per heavy atom. The maximum Gasteiger partial charge on any atom is 0.258 e. The molecule has 0 aliphatic rings. The number of hydrogen-bond acceptors (Lipinski definition) is 4. The van der Waals surface area contributed by atoms with Gasteiger partial charge in [-0.3, -0.25) is 4.79 Å². The molecule has 0 spiro atoms. The first kappa shape index (κ1) is 19.3. The van der Waals surface area contributed by atoms with Gasteiger partial charge in [0.1, 0.15) is 0 Å². The van der Waals surface area contributed by atoms with Crippen LogP contribution in [0.1, 0.15) is 12.5 Å². The minimum atomic E-state index is -0.0842. The second-order valence-electron chi connectivity index (χ2n) is 5.79. The second-order valence-corrected chi connectivity index (χ2v) is 8.84. The molecule has 26 heavy (non-hydrogen) atoms. The third-order valence-corrected chi connectivity index (χ3v) is 6.63. The molecule has 136 valence electrons. The summed E-state index contributed by atoms with van der Waals surface area (Å²) in [5, 5.41) is 0. The van der Waals surface area contributed by atoms with E-state index >= 15 is 0 Å². The van der Waals surface area contributed by atoms with E-state index in [1.807, 2.05) is 30.3 Å². The summed E-state index contributed by atoms with van der Waals surface area (Å²) < 4.78 is 3.38. The Hall–Kier alpha value is -1.50. The highest BCUT2D eigenvalue weighted by molar-refractivity contribution is 8.00. The van der Waals surface area contributed by atoms with E-state index < -0.39 is 0 Å². The predicted octanol–water partition coefficient (Wildman–Crippen LogP) is 4.85. The fourth-order valence-electron chi connectivity index (χ4n) is 2.62. The van der Waals surface area contributed by atoms with Crippen molar-refractivity contribution >= 4 is 51.0 Å². The normalized spacial score (nSPS) is 12.0. The number of thioether (sulfide) groups is 2. The Balaban J connectivity index is 1.88. The van der Waals surface area contributed by atoms with E-state index in [0.29, 0.717) is 5.75 Å². The number of benzene rings is 2. The van der Waals surface area contributed by atoms with Gasteiger partial charge < -0.3 is 4.57 Å². The molecule has 0 radical (unpaired) electrons. The van der Waals surface area contributed by atoms with Crippen LogP contribution in [0, 0.1) is 0 Å². The van der Waals surface area contributed by atoms with E-state index in [-0.39, 0.29) is 5.91 Å². The van der Waals surface area contributed by atoms with Crippen molar-refractivity contribution in [2.75, 3.05) is 17.8 Å². The lowest BCUT2D eigenvalue weighted by Gasteiger charge is -2.04. The molecule has 3 rings (SSSR count). The van der Waals surface area contributed by atoms with Gasteiger partial charge in [-0.25, -0.2) is 0 Å². The van der Waals surface area contributed by atoms with Crippen molar-refractivity contribution in [2.24, 2.45) is 4.99 Å². The van der Waals surface area contributed by atoms with E-state index in [1.165, 1.54) is 27.5 Å². The van der Waals surface area contributed by atoms with Crippen molar-refractivity contribution < 1.29 is 4.79 Å². The monoisotopic (exact) mass is 402 g/mol. The molecule has 1 aromatic heterocycles. The van der Waals surface area contributed by atoms with Crippen molar-refractivity contribution in [3.63, 3.8) is 0 Å². The van der Waals surface area contributed by atoms with E-state index in [1.54, 1.807) is 23.1 Å². The Labute approximate surface area is 166 Å². The molecular weight excluding hydrogens is 380 g/mol. The minimum Gasteiger partial charge on any atom is -0.316 e. The number of thiazole rings is 1. The fourth-order valence-corrected chi connectivity index (χ4v) is 4.83. The van der Waals surface area contributed by atoms with E-state index in [2.05, 4.69) is 40.9 Å². The number of fused-ring (bicyclic) bond motifs is 1. The van der Waals surface area contributed by atoms with Crippen LogP contribution >= 0.6 is 34.9 Å². The number of nitrogens with zero attached hydrogens (tertiary/aromatic N) is 2. The standard InChI is InChI=1S/C20H22N2OS3/c1-3-15-9-10-17-18(13-15)26-20(22(17)11-12-24-2)21-19(23)14-25-16-7-5-4-6-8-16/h4-10,13H,3,11-12,14H2,1-2H3. The third kappa shape index (κ3) is 4.81. The molecule has 3 nitrogen and oxygen atoms in total. The van der Waals surface area contributed by atoms with Crippen LogP contribution < -0.4 is 4.80 Å². The van der Waals surface area contributed by atoms with Crippen LogP contribution in [0.5, 0.6) is 0 Å². The number of aryl methyl sites for hydroxylation is 2. The van der Waals surface area contributed by atoms with Crippen molar-refractivity contribution in [3.05, 3.63) is 58.9 Å². The van der Waals surface area contributed by atoms with Gasteiger partial charge in [0, 0.05) is 17.2 Å². The van der Waals surface area contributed by atoms with Crippen molar-refractivity contribution in [1.29, 1.82) is 0 Å². The first-order valence-corrected chi connectivity index (χ1v) is 11.8. The first-order valence-electron chi connectivity index (χ1n) is 8.58. The van der Waals surface area contributed by atoms with Crippen LogP contribution in [0.4, 0.5) is 0 Å². The summed E-state index contributed by atoms with van der Waals surface area (Å²) in [6.45, 7) is 3.02. The maximum absolute atomic E-state index is 12.4. The number of carbonyl (C=O) groups is 1. The zero-order chi connectivity index (χ0) is 18.4. The molecule has 0 aliphatic carbocycles. The van der Waals surface area contributed by atoms with Crippen LogP contribution in [0.3, 0.4) is 0 Å². The molecule has 0 bridgehead atoms. The van der Waals surface area contributed by atoms with Crippen molar-refractivity contribution in [3.8, 4) is 0 Å². The number of hydrogen-bond donors (Lipinski definition) is 0. The lowest BCUT2D eigenvalue weighted by Crippen LogP contribution is -2.18. The zero-order valence-corrected chi connectivity index (χ0v) is 17.4. The lowest BCUT2D eigenvalue weighted by molar-refractivity contribution is -0.115. The van der Waals surface area contributed by atoms with Gasteiger partial charge in [-0.05, 0) is 42.5 Å². The molecule has 0 N–H and O–H groups in total. The summed E-state index contributed by atoms with van der Waals surface area (Å²) in [6.07, 6.45) is 3.11. The Kier molecular flexibility index (Phi) is 7.00. The van der Waals surface area contributed by atoms with E-state index in [0.717, 1.165) is 28.4 Å². The molecule has 0 unspecified atom stereocenters. The summed E-state index contributed by atoms with van der Waals surface area (Å²) in [6, 6.07) is 16.5. The second kappa shape index (κ2) is 9.44. The summed E-state index contributed by atoms with van der Waals surface area (Å²) in [5.74, 6) is 1.28. The van der Waals surface area contributed by atoms with E-state index in [9.17, 15) is 4.79 Å². The highest BCUT2D eigenvalue weighted by Gasteiger charge is 2.09. The minimum absolute atomic E-state index is 0.0842. The summed E-state index contributed by atoms with van der Waals surface area (Å²) in [7, 11) is 0. The largest absolute Gasteiger partial charge is 0.316 e. The highest BCUT2D eigenvalue weighted by atomic mass is 32.2. The molecule has 0 aliphatic heterocycles. The molecule has 0 saturated heterocycles. The third-order valence-electron chi connectivity index (χ3n) is 4.00. The van der Waals surface area contributed by atoms with Gasteiger partial charge in [-0.15, -0.1) is 11.8 Å². The smallest absolute Gasteiger partial charge is 0.258 e. The van der Waals surface area contributed by atoms with Crippen LogP contribution in [0.15, 0.2) is 58.4 Å². The van der Waals surface area contributed by atoms with Gasteiger partial charge >= 0.3 is 0 Å². The molecule has 0 atom stereocenters. The average Bonchev–Trinajstić information content (AvgIpc) is 3.01. The van der Waals surface area contributed by atoms with Crippen LogP contribution in [-0.2, 0) is 17.8 Å². The van der Waals surface area contributed by atoms with Crippen molar-refractivity contribution in [2.45, 2.75) is 24.8 Å². The molecule has 1 amide bonds. The Morgan fingerprint density at radius 1 is 1.19 bits per heavy atom. The zero-order valence-electron chi connectivity index (χ0n) is 15.0. The number of aromatic nitrogens is 1. The van der Waals surface area contributed by atoms with Crippen LogP contribution in [-0.4, -0.2) is 28.2 Å². The van der Waals surface area contributed by atoms with Gasteiger partial charge in [0.15, 0.2) is 4.80 Å². The quantitative estimate of drug-likeness (QED) is 0.530. The molecule has 1 heterocycles. The van der Waals surface area contributed by atoms with Gasteiger partial charge in [-0.2, -0.15) is 16.8 Å². The Bertz CT molecular complexity index is 945. The highest BCUT2D eigenvalue weighted by Crippen LogP contribution is 2.21. The van der Waals surface area contributed by atoms with Gasteiger partial charge in [0.05, 0.1) is 16.0 Å². The molecule has 3 aromatic rings. The topological polar surface area (TPSA) is 34.4 Å². The molecule has 0 fully saturated rings. The molecular formula is C20H22N2OS3. The predicted molar refractivity (Wildman–Crippen MR) is 115 cm³/mol. The summed E-state index contributed by atoms with van der Waals surface area (Å²) >= 11 is 4.95. The van der Waals surface area contributed by atoms with Gasteiger partial charge in [0.25, 0.3) is 5.91 Å². The lowest BCUT2D eigenvalue weighted by atomic mass is 10.2. The molecule has 2 aromatic carbocycles. The SMILES string of the molecule is CCc1ccc2c(c1)sc(=NC(=O)CSc1ccccc1)n2CCSC. The number of amides is 1. The number of carbonyl (C=O) groups excluding carboxylic acids is 1. The summed E-state index contributed by atoms with van der Waals surface area (Å²) in [5.41, 5.74) is 2.48. The molecule has 0 saturated carbocycles. The maximum atomic E-state index is 12.4. The fraction of sp³-hybridized carbons (Fsp3) is 0.300. The van der Waals surface area contributed by atoms with Crippen LogP contribution in [0.2, 0.25) is 0 Å². The van der Waals surface area contributed by atoms with Gasteiger partial charge in [0.2, 0.25) is 0 Å². The van der Waals surface area contributed by atoms with Gasteiger partial charge in [-0.1, -0.05) is 42.5 Å². The summed E-state index contributed by atoms with van der Waals surface area (Å²) in [4.78, 5) is 18.7.